The molecule has 1 N–H and O–H groups in total. The molecule has 1 amide bonds. The van der Waals surface area contributed by atoms with Gasteiger partial charge in [0, 0.05) is 19.7 Å². The third-order valence-corrected chi connectivity index (χ3v) is 4.00. The molecule has 0 aliphatic carbocycles. The van der Waals surface area contributed by atoms with Crippen LogP contribution in [0, 0.1) is 6.92 Å². The molecule has 98 valence electrons. The van der Waals surface area contributed by atoms with Gasteiger partial charge in [-0.3, -0.25) is 4.79 Å². The Morgan fingerprint density at radius 1 is 1.16 bits per heavy atom. The van der Waals surface area contributed by atoms with E-state index < -0.39 is 0 Å². The van der Waals surface area contributed by atoms with Crippen LogP contribution < -0.4 is 5.32 Å². The summed E-state index contributed by atoms with van der Waals surface area (Å²) in [6, 6.07) is 10.8. The van der Waals surface area contributed by atoms with Gasteiger partial charge in [-0.15, -0.1) is 0 Å². The zero-order chi connectivity index (χ0) is 14.0. The number of hydrogen-bond acceptors (Lipinski definition) is 1. The van der Waals surface area contributed by atoms with E-state index in [4.69, 9.17) is 11.6 Å². The number of nitrogens with one attached hydrogen (secondary N) is 1. The minimum absolute atomic E-state index is 0.162. The SMILES string of the molecule is Cc1cc(Cl)ccc1NC(=O)c1ccc(Br)cc1Br. The van der Waals surface area contributed by atoms with E-state index in [1.807, 2.05) is 25.1 Å². The van der Waals surface area contributed by atoms with Gasteiger partial charge in [-0.1, -0.05) is 27.5 Å². The molecule has 5 heteroatoms. The van der Waals surface area contributed by atoms with E-state index in [2.05, 4.69) is 37.2 Å². The molecule has 2 aromatic carbocycles. The number of carbonyl (C=O) groups excluding carboxylic acids is 1. The van der Waals surface area contributed by atoms with Crippen LogP contribution in [0.25, 0.3) is 0 Å². The second-order valence-electron chi connectivity index (χ2n) is 4.04. The molecule has 2 nitrogen and oxygen atoms in total. The maximum Gasteiger partial charge on any atom is 0.256 e. The van der Waals surface area contributed by atoms with Crippen molar-refractivity contribution < 1.29 is 4.79 Å². The Morgan fingerprint density at radius 3 is 2.53 bits per heavy atom. The molecule has 0 aliphatic heterocycles. The highest BCUT2D eigenvalue weighted by molar-refractivity contribution is 9.11. The smallest absolute Gasteiger partial charge is 0.256 e. The molecule has 0 saturated heterocycles. The summed E-state index contributed by atoms with van der Waals surface area (Å²) in [5.41, 5.74) is 2.26. The number of carbonyl (C=O) groups is 1. The lowest BCUT2D eigenvalue weighted by Gasteiger charge is -2.10. The van der Waals surface area contributed by atoms with E-state index in [0.717, 1.165) is 20.2 Å². The molecular formula is C14H10Br2ClNO. The van der Waals surface area contributed by atoms with Crippen molar-refractivity contribution in [2.24, 2.45) is 0 Å². The van der Waals surface area contributed by atoms with Gasteiger partial charge in [0.15, 0.2) is 0 Å². The summed E-state index contributed by atoms with van der Waals surface area (Å²) in [6.45, 7) is 1.90. The first-order valence-corrected chi connectivity index (χ1v) is 7.46. The lowest BCUT2D eigenvalue weighted by molar-refractivity contribution is 0.102. The van der Waals surface area contributed by atoms with Crippen LogP contribution in [-0.2, 0) is 0 Å². The third-order valence-electron chi connectivity index (χ3n) is 2.61. The van der Waals surface area contributed by atoms with Crippen molar-refractivity contribution in [3.05, 3.63) is 61.5 Å². The van der Waals surface area contributed by atoms with Crippen LogP contribution in [-0.4, -0.2) is 5.91 Å². The van der Waals surface area contributed by atoms with Crippen LogP contribution in [0.4, 0.5) is 5.69 Å². The molecule has 0 aliphatic rings. The molecule has 2 aromatic rings. The Balaban J connectivity index is 2.25. The summed E-state index contributed by atoms with van der Waals surface area (Å²) < 4.78 is 1.66. The van der Waals surface area contributed by atoms with E-state index >= 15 is 0 Å². The fourth-order valence-electron chi connectivity index (χ4n) is 1.63. The van der Waals surface area contributed by atoms with Crippen molar-refractivity contribution >= 4 is 55.1 Å². The number of rotatable bonds is 2. The predicted octanol–water partition coefficient (Wildman–Crippen LogP) is 5.43. The molecule has 0 atom stereocenters. The van der Waals surface area contributed by atoms with E-state index in [9.17, 15) is 4.79 Å². The first-order valence-electron chi connectivity index (χ1n) is 5.50. The van der Waals surface area contributed by atoms with E-state index in [0.29, 0.717) is 10.6 Å². The number of aryl methyl sites for hydroxylation is 1. The first-order chi connectivity index (χ1) is 8.97. The minimum Gasteiger partial charge on any atom is -0.322 e. The molecule has 2 rings (SSSR count). The molecular weight excluding hydrogens is 393 g/mol. The number of benzene rings is 2. The van der Waals surface area contributed by atoms with Crippen LogP contribution in [0.2, 0.25) is 5.02 Å². The van der Waals surface area contributed by atoms with Gasteiger partial charge >= 0.3 is 0 Å². The lowest BCUT2D eigenvalue weighted by atomic mass is 10.1. The van der Waals surface area contributed by atoms with Crippen molar-refractivity contribution in [3.8, 4) is 0 Å². The standard InChI is InChI=1S/C14H10Br2ClNO/c1-8-6-10(17)3-5-13(8)18-14(19)11-4-2-9(15)7-12(11)16/h2-7H,1H3,(H,18,19). The van der Waals surface area contributed by atoms with Gasteiger partial charge in [-0.25, -0.2) is 0 Å². The van der Waals surface area contributed by atoms with Gasteiger partial charge in [-0.2, -0.15) is 0 Å². The summed E-state index contributed by atoms with van der Waals surface area (Å²) in [5.74, 6) is -0.162. The second-order valence-corrected chi connectivity index (χ2v) is 6.24. The highest BCUT2D eigenvalue weighted by Crippen LogP contribution is 2.24. The van der Waals surface area contributed by atoms with Gasteiger partial charge in [0.05, 0.1) is 5.56 Å². The Kier molecular flexibility index (Phi) is 4.66. The van der Waals surface area contributed by atoms with Crippen molar-refractivity contribution in [3.63, 3.8) is 0 Å². The Hall–Kier alpha value is -0.840. The molecule has 0 spiro atoms. The van der Waals surface area contributed by atoms with Gasteiger partial charge in [-0.05, 0) is 64.8 Å². The fraction of sp³-hybridized carbons (Fsp3) is 0.0714. The van der Waals surface area contributed by atoms with E-state index in [1.54, 1.807) is 18.2 Å². The van der Waals surface area contributed by atoms with Crippen LogP contribution in [0.3, 0.4) is 0 Å². The average Bonchev–Trinajstić information content (AvgIpc) is 2.32. The monoisotopic (exact) mass is 401 g/mol. The van der Waals surface area contributed by atoms with Crippen molar-refractivity contribution in [1.29, 1.82) is 0 Å². The van der Waals surface area contributed by atoms with Crippen LogP contribution in [0.1, 0.15) is 15.9 Å². The maximum atomic E-state index is 12.2. The average molecular weight is 404 g/mol. The zero-order valence-corrected chi connectivity index (χ0v) is 13.9. The van der Waals surface area contributed by atoms with E-state index in [1.165, 1.54) is 0 Å². The van der Waals surface area contributed by atoms with Crippen LogP contribution in [0.5, 0.6) is 0 Å². The molecule has 19 heavy (non-hydrogen) atoms. The molecule has 0 saturated carbocycles. The normalized spacial score (nSPS) is 10.3. The summed E-state index contributed by atoms with van der Waals surface area (Å²) in [7, 11) is 0. The van der Waals surface area contributed by atoms with Gasteiger partial charge < -0.3 is 5.32 Å². The van der Waals surface area contributed by atoms with Crippen molar-refractivity contribution in [2.45, 2.75) is 6.92 Å². The molecule has 0 unspecified atom stereocenters. The summed E-state index contributed by atoms with van der Waals surface area (Å²) in [5, 5.41) is 3.52. The quantitative estimate of drug-likeness (QED) is 0.712. The Labute approximate surface area is 133 Å². The molecule has 0 fully saturated rings. The largest absolute Gasteiger partial charge is 0.322 e. The first kappa shape index (κ1) is 14.6. The summed E-state index contributed by atoms with van der Waals surface area (Å²) in [4.78, 5) is 12.2. The van der Waals surface area contributed by atoms with Gasteiger partial charge in [0.25, 0.3) is 5.91 Å². The van der Waals surface area contributed by atoms with E-state index in [-0.39, 0.29) is 5.91 Å². The summed E-state index contributed by atoms with van der Waals surface area (Å²) >= 11 is 12.6. The Bertz CT molecular complexity index is 643. The lowest BCUT2D eigenvalue weighted by Crippen LogP contribution is -2.13. The second kappa shape index (κ2) is 6.07. The maximum absolute atomic E-state index is 12.2. The number of anilines is 1. The Morgan fingerprint density at radius 2 is 1.89 bits per heavy atom. The third kappa shape index (κ3) is 3.59. The van der Waals surface area contributed by atoms with Gasteiger partial charge in [0.2, 0.25) is 0 Å². The fourth-order valence-corrected chi connectivity index (χ4v) is 3.08. The number of amides is 1. The highest BCUT2D eigenvalue weighted by Gasteiger charge is 2.11. The molecule has 0 bridgehead atoms. The zero-order valence-electron chi connectivity index (χ0n) is 10.0. The number of hydrogen-bond donors (Lipinski definition) is 1. The molecule has 0 aromatic heterocycles. The number of halogens is 3. The van der Waals surface area contributed by atoms with Gasteiger partial charge in [0.1, 0.15) is 0 Å². The highest BCUT2D eigenvalue weighted by atomic mass is 79.9. The van der Waals surface area contributed by atoms with Crippen LogP contribution >= 0.6 is 43.5 Å². The topological polar surface area (TPSA) is 29.1 Å². The molecule has 0 radical (unpaired) electrons. The van der Waals surface area contributed by atoms with Crippen molar-refractivity contribution in [1.82, 2.24) is 0 Å². The minimum atomic E-state index is -0.162. The molecule has 0 heterocycles. The van der Waals surface area contributed by atoms with Crippen LogP contribution in [0.15, 0.2) is 45.3 Å². The predicted molar refractivity (Wildman–Crippen MR) is 86.0 cm³/mol. The summed E-state index contributed by atoms with van der Waals surface area (Å²) in [6.07, 6.45) is 0. The van der Waals surface area contributed by atoms with Crippen molar-refractivity contribution in [2.75, 3.05) is 5.32 Å².